The van der Waals surface area contributed by atoms with E-state index >= 15 is 4.79 Å². The molecule has 3 fully saturated rings. The normalized spacial score (nSPS) is 26.8. The number of ketones is 3. The summed E-state index contributed by atoms with van der Waals surface area (Å²) in [6, 6.07) is 4.31. The van der Waals surface area contributed by atoms with Crippen molar-refractivity contribution in [2.24, 2.45) is 35.5 Å². The van der Waals surface area contributed by atoms with E-state index in [-0.39, 0.29) is 97.6 Å². The Balaban J connectivity index is 0.620. The summed E-state index contributed by atoms with van der Waals surface area (Å²) >= 11 is 0. The molecule has 35 heteroatoms. The molecule has 1 saturated carbocycles. The maximum absolute atomic E-state index is 15.0. The van der Waals surface area contributed by atoms with Crippen LogP contribution in [0.5, 0.6) is 0 Å². The van der Waals surface area contributed by atoms with Gasteiger partial charge in [0.2, 0.25) is 17.6 Å². The van der Waals surface area contributed by atoms with Crippen molar-refractivity contribution in [1.29, 1.82) is 0 Å². The van der Waals surface area contributed by atoms with Gasteiger partial charge in [0.1, 0.15) is 53.5 Å². The van der Waals surface area contributed by atoms with Crippen molar-refractivity contribution in [2.45, 2.75) is 257 Å². The number of piperidine rings is 1. The van der Waals surface area contributed by atoms with Gasteiger partial charge in [-0.3, -0.25) is 28.8 Å². The third kappa shape index (κ3) is 32.1. The number of nitrogens with zero attached hydrogens (tertiary/aromatic N) is 9. The van der Waals surface area contributed by atoms with Crippen LogP contribution in [0.15, 0.2) is 82.7 Å². The Kier molecular flexibility index (Phi) is 43.8. The van der Waals surface area contributed by atoms with E-state index < -0.39 is 77.9 Å². The van der Waals surface area contributed by atoms with Crippen LogP contribution >= 0.6 is 0 Å². The maximum Gasteiger partial charge on any atom is 0.329 e. The van der Waals surface area contributed by atoms with Crippen LogP contribution in [-0.2, 0) is 103 Å². The Morgan fingerprint density at radius 2 is 1.43 bits per heavy atom. The van der Waals surface area contributed by atoms with Crippen LogP contribution in [0.1, 0.15) is 196 Å². The number of anilines is 2. The second-order valence-corrected chi connectivity index (χ2v) is 34.8. The molecular weight excluding hydrogens is 1660 g/mol. The lowest BCUT2D eigenvalue weighted by atomic mass is 9.77. The highest BCUT2D eigenvalue weighted by molar-refractivity contribution is 6.39. The van der Waals surface area contributed by atoms with Crippen LogP contribution < -0.4 is 22.1 Å². The summed E-state index contributed by atoms with van der Waals surface area (Å²) in [6.45, 7) is 21.1. The first kappa shape index (κ1) is 104. The zero-order valence-electron chi connectivity index (χ0n) is 77.6. The van der Waals surface area contributed by atoms with Crippen molar-refractivity contribution in [2.75, 3.05) is 138 Å². The fraction of sp³-hybridized carbons (Fsp3) is 0.691. The number of rotatable bonds is 44. The molecule has 2 saturated heterocycles. The Morgan fingerprint density at radius 1 is 0.721 bits per heavy atom. The molecule has 35 nitrogen and oxygen atoms in total. The molecule has 0 spiro atoms. The molecule has 5 aromatic rings. The number of hydrogen-bond acceptors (Lipinski definition) is 30. The average Bonchev–Trinajstić information content (AvgIpc) is 1.66. The van der Waals surface area contributed by atoms with E-state index in [0.29, 0.717) is 228 Å². The lowest BCUT2D eigenvalue weighted by Gasteiger charge is -2.43. The van der Waals surface area contributed by atoms with Crippen LogP contribution in [0, 0.1) is 35.5 Å². The number of aliphatic hydroxyl groups excluding tert-OH is 1. The Morgan fingerprint density at radius 3 is 2.16 bits per heavy atom. The molecule has 0 radical (unpaired) electrons. The number of ether oxygens (including phenoxy) is 12. The van der Waals surface area contributed by atoms with Gasteiger partial charge in [0.15, 0.2) is 17.0 Å². The number of cyclic esters (lactones) is 1. The molecule has 9 rings (SSSR count). The zero-order chi connectivity index (χ0) is 92.8. The summed E-state index contributed by atoms with van der Waals surface area (Å²) in [7, 11) is 4.71. The first-order valence-electron chi connectivity index (χ1n) is 46.4. The van der Waals surface area contributed by atoms with E-state index in [1.54, 1.807) is 38.8 Å². The maximum atomic E-state index is 15.0. The minimum absolute atomic E-state index is 0.0116. The second-order valence-electron chi connectivity index (χ2n) is 34.8. The third-order valence-corrected chi connectivity index (χ3v) is 24.9. The predicted octanol–water partition coefficient (Wildman–Crippen LogP) is 9.87. The van der Waals surface area contributed by atoms with E-state index in [0.717, 1.165) is 42.5 Å². The number of aliphatic hydroxyl groups is 2. The van der Waals surface area contributed by atoms with Gasteiger partial charge < -0.3 is 98.5 Å². The van der Waals surface area contributed by atoms with E-state index in [4.69, 9.17) is 77.8 Å². The van der Waals surface area contributed by atoms with Gasteiger partial charge in [-0.15, -0.1) is 5.10 Å². The van der Waals surface area contributed by atoms with Gasteiger partial charge in [0.25, 0.3) is 17.7 Å². The average molecular weight is 1810 g/mol. The number of benzene rings is 1. The largest absolute Gasteiger partial charge is 0.460 e. The van der Waals surface area contributed by atoms with Crippen LogP contribution in [0.2, 0.25) is 0 Å². The highest BCUT2D eigenvalue weighted by Gasteiger charge is 2.53. The zero-order valence-corrected chi connectivity index (χ0v) is 77.6. The highest BCUT2D eigenvalue weighted by atomic mass is 16.6. The van der Waals surface area contributed by atoms with Crippen molar-refractivity contribution in [3.63, 3.8) is 0 Å². The number of allylic oxidation sites excluding steroid dienone is 5. The number of esters is 1. The van der Waals surface area contributed by atoms with Crippen LogP contribution in [-0.4, -0.2) is 277 Å². The molecule has 1 aromatic carbocycles. The van der Waals surface area contributed by atoms with E-state index in [9.17, 15) is 39.0 Å². The fourth-order valence-corrected chi connectivity index (χ4v) is 17.5. The number of amides is 3. The summed E-state index contributed by atoms with van der Waals surface area (Å²) in [5.74, 6) is -6.92. The minimum Gasteiger partial charge on any atom is -0.460 e. The molecule has 2 bridgehead atoms. The molecule has 1 aliphatic carbocycles. The number of carbonyl (C=O) groups is 7. The van der Waals surface area contributed by atoms with Crippen molar-refractivity contribution in [3.8, 4) is 11.3 Å². The van der Waals surface area contributed by atoms with Gasteiger partial charge in [-0.05, 0) is 164 Å². The van der Waals surface area contributed by atoms with Crippen LogP contribution in [0.4, 0.5) is 11.8 Å². The molecule has 4 aromatic heterocycles. The molecular formula is C94H143N13O22. The van der Waals surface area contributed by atoms with E-state index in [1.807, 2.05) is 94.1 Å². The SMILES string of the molecule is CCO[C@@H]1C[C@@H]([C@H](C)C[C@@H]2CC[C@H](n3cc(CCCC(=O)NCCOCCOCCOCCC(=O)CCCOCCOCCOCCC(=O)NCCCCn4nc(-c5ccc6oc(N)nc6c5)c5c(N)ncnc54)nn3)[C@H](OC)C2)OC(=O)[C@@H]2CCCCN2C(=O)C(=O)[C@]2(O)O[C@@H](CC[C@H]2C)C[C@H](OC)/C(C)=C/C=C/C=C/[C@@H](C)C[C@@H](C)C(=O)[C@H](OC)[C@H](O)/C(C)=C/[C@H]1C. The standard InChI is InChI=1S/C94H143N13O22/c1-12-126-78-58-79(127-92(115)75-26-16-18-38-105(75)91(114)88(113)94(116)67(8)28-31-72(129-94)57-77(117-9)62(3)23-15-13-14-22-61(2)52-65(6)85(111)87(119-11)86(112)66(7)53-63(78)4)64(5)54-68-29-32-74(80(55-68)118-10)107-59-70(102-104-107)24-20-27-81(109)98-37-43-123-47-51-125-49-45-121-41-34-71(108)25-21-40-120-44-48-124-50-46-122-42-35-82(110)97-36-17-19-39-106-90-83(89(95)99-60-100-90)84(103-106)69-30-33-76-73(56-69)101-93(96)128-76/h13-15,22-23,30,33,53,56,59-61,63-65,67-68,72,74-75,77-80,86-87,112,116H,12,16-21,24-29,31-32,34-52,54-55,57-58H2,1-11H3,(H2,96,101)(H,97,110)(H,98,109)(H2,95,99,100)/b15-13+,22-14+,62-23+,66-53+/t61-,63-,64-,65-,67-,68+,72+,74+,75+,77+,78-,79+,80-,86-,87+,94-/m1/s1. The number of aromatic nitrogens is 8. The lowest BCUT2D eigenvalue weighted by Crippen LogP contribution is -2.61. The molecule has 3 aliphatic heterocycles. The van der Waals surface area contributed by atoms with Gasteiger partial charge in [-0.1, -0.05) is 76.3 Å². The monoisotopic (exact) mass is 1810 g/mol. The highest BCUT2D eigenvalue weighted by Crippen LogP contribution is 2.41. The van der Waals surface area contributed by atoms with E-state index in [1.165, 1.54) is 18.3 Å². The number of oxazole rings is 1. The Hall–Kier alpha value is -8.69. The molecule has 129 heavy (non-hydrogen) atoms. The van der Waals surface area contributed by atoms with Crippen molar-refractivity contribution in [3.05, 3.63) is 84.0 Å². The molecule has 0 unspecified atom stereocenters. The number of hydrogen-bond donors (Lipinski definition) is 6. The molecule has 7 heterocycles. The smallest absolute Gasteiger partial charge is 0.329 e. The van der Waals surface area contributed by atoms with Crippen LogP contribution in [0.3, 0.4) is 0 Å². The predicted molar refractivity (Wildman–Crippen MR) is 482 cm³/mol. The lowest BCUT2D eigenvalue weighted by molar-refractivity contribution is -0.265. The summed E-state index contributed by atoms with van der Waals surface area (Å²) in [5.41, 5.74) is 17.4. The van der Waals surface area contributed by atoms with Gasteiger partial charge in [-0.25, -0.2) is 24.1 Å². The first-order valence-corrected chi connectivity index (χ1v) is 46.4. The number of unbranched alkanes of at least 4 members (excludes halogenated alkanes) is 1. The number of nitrogen functional groups attached to an aromatic ring is 2. The van der Waals surface area contributed by atoms with Crippen molar-refractivity contribution < 1.29 is 105 Å². The molecule has 716 valence electrons. The first-order chi connectivity index (χ1) is 62.2. The second kappa shape index (κ2) is 54.3. The number of fused-ring (bicyclic) bond motifs is 5. The number of nitrogens with two attached hydrogens (primary N) is 2. The molecule has 4 aliphatic rings. The number of nitrogens with one attached hydrogen (secondary N) is 2. The number of Topliss-reactive ketones (excluding diaryl/α,β-unsaturated/α-hetero) is 3. The van der Waals surface area contributed by atoms with Crippen LogP contribution in [0.25, 0.3) is 33.4 Å². The summed E-state index contributed by atoms with van der Waals surface area (Å²) in [4.78, 5) is 110. The quantitative estimate of drug-likeness (QED) is 0.00913. The Bertz CT molecular complexity index is 4450. The third-order valence-electron chi connectivity index (χ3n) is 24.9. The van der Waals surface area contributed by atoms with E-state index in [2.05, 4.69) is 42.8 Å². The molecule has 3 amide bonds. The minimum atomic E-state index is -2.45. The number of methoxy groups -OCH3 is 3. The Labute approximate surface area is 758 Å². The molecule has 8 N–H and O–H groups in total. The van der Waals surface area contributed by atoms with Gasteiger partial charge in [0, 0.05) is 129 Å². The number of aryl methyl sites for hydroxylation is 2. The molecule has 16 atom stereocenters. The number of carbonyl (C=O) groups excluding carboxylic acids is 7. The van der Waals surface area contributed by atoms with Gasteiger partial charge in [0.05, 0.1) is 114 Å². The topological polar surface area (TPSA) is 450 Å². The fourth-order valence-electron chi connectivity index (χ4n) is 17.5. The van der Waals surface area contributed by atoms with Gasteiger partial charge in [-0.2, -0.15) is 10.1 Å². The van der Waals surface area contributed by atoms with Gasteiger partial charge >= 0.3 is 5.97 Å². The van der Waals surface area contributed by atoms with Crippen molar-refractivity contribution in [1.82, 2.24) is 55.3 Å². The van der Waals surface area contributed by atoms with Crippen molar-refractivity contribution >= 4 is 75.0 Å². The summed E-state index contributed by atoms with van der Waals surface area (Å²) in [6.07, 6.45) is 20.4. The summed E-state index contributed by atoms with van der Waals surface area (Å²) < 4.78 is 80.1. The summed E-state index contributed by atoms with van der Waals surface area (Å²) in [5, 5.41) is 44.5.